The lowest BCUT2D eigenvalue weighted by Gasteiger charge is -1.88. The van der Waals surface area contributed by atoms with Crippen LogP contribution >= 0.6 is 0 Å². The predicted octanol–water partition coefficient (Wildman–Crippen LogP) is 1.95. The Morgan fingerprint density at radius 2 is 2.33 bits per heavy atom. The van der Waals surface area contributed by atoms with Crippen molar-refractivity contribution in [1.29, 1.82) is 0 Å². The third kappa shape index (κ3) is 0.906. The number of hydrogen-bond acceptors (Lipinski definition) is 3. The van der Waals surface area contributed by atoms with Crippen molar-refractivity contribution in [3.63, 3.8) is 0 Å². The summed E-state index contributed by atoms with van der Waals surface area (Å²) in [5, 5.41) is 4.39. The summed E-state index contributed by atoms with van der Waals surface area (Å²) in [4.78, 5) is 10.4. The highest BCUT2D eigenvalue weighted by Crippen LogP contribution is 2.17. The number of carbonyl (C=O) groups is 1. The van der Waals surface area contributed by atoms with Crippen LogP contribution in [0.25, 0.3) is 11.0 Å². The monoisotopic (exact) mass is 161 g/mol. The molecule has 60 valence electrons. The molecule has 1 aromatic carbocycles. The molecule has 0 saturated carbocycles. The van der Waals surface area contributed by atoms with Crippen LogP contribution in [0.4, 0.5) is 0 Å². The average Bonchev–Trinajstić information content (AvgIpc) is 2.46. The van der Waals surface area contributed by atoms with Gasteiger partial charge in [0.2, 0.25) is 0 Å². The fourth-order valence-electron chi connectivity index (χ4n) is 1.15. The molecule has 3 heteroatoms. The second-order valence-corrected chi connectivity index (χ2v) is 2.69. The van der Waals surface area contributed by atoms with Crippen LogP contribution in [0.15, 0.2) is 22.7 Å². The van der Waals surface area contributed by atoms with Crippen LogP contribution in [0.1, 0.15) is 16.1 Å². The average molecular weight is 161 g/mol. The van der Waals surface area contributed by atoms with Gasteiger partial charge in [-0.2, -0.15) is 0 Å². The topological polar surface area (TPSA) is 43.1 Å². The minimum Gasteiger partial charge on any atom is -0.356 e. The van der Waals surface area contributed by atoms with Gasteiger partial charge < -0.3 is 4.52 Å². The van der Waals surface area contributed by atoms with Gasteiger partial charge in [0.15, 0.2) is 17.6 Å². The summed E-state index contributed by atoms with van der Waals surface area (Å²) in [6.45, 7) is 1.96. The Balaban J connectivity index is 2.81. The Bertz CT molecular complexity index is 431. The number of aromatic nitrogens is 1. The van der Waals surface area contributed by atoms with E-state index in [-0.39, 0.29) is 0 Å². The number of benzene rings is 1. The van der Waals surface area contributed by atoms with Crippen molar-refractivity contribution < 1.29 is 9.32 Å². The summed E-state index contributed by atoms with van der Waals surface area (Å²) in [7, 11) is 0. The molecule has 0 bridgehead atoms. The lowest BCUT2D eigenvalue weighted by Crippen LogP contribution is -1.77. The number of rotatable bonds is 1. The SMILES string of the molecule is Cc1ccc2c(C=O)noc2c1. The zero-order valence-corrected chi connectivity index (χ0v) is 6.57. The number of hydrogen-bond donors (Lipinski definition) is 0. The van der Waals surface area contributed by atoms with Crippen LogP contribution in [0.3, 0.4) is 0 Å². The molecule has 0 unspecified atom stereocenters. The zero-order chi connectivity index (χ0) is 8.55. The number of fused-ring (bicyclic) bond motifs is 1. The summed E-state index contributed by atoms with van der Waals surface area (Å²) in [6.07, 6.45) is 0.696. The molecule has 1 heterocycles. The van der Waals surface area contributed by atoms with Gasteiger partial charge in [-0.05, 0) is 24.6 Å². The Morgan fingerprint density at radius 3 is 3.08 bits per heavy atom. The van der Waals surface area contributed by atoms with Crippen molar-refractivity contribution in [2.75, 3.05) is 0 Å². The van der Waals surface area contributed by atoms with Crippen molar-refractivity contribution in [3.05, 3.63) is 29.5 Å². The van der Waals surface area contributed by atoms with Gasteiger partial charge in [-0.3, -0.25) is 4.79 Å². The maximum absolute atomic E-state index is 10.4. The van der Waals surface area contributed by atoms with Gasteiger partial charge in [0.1, 0.15) is 0 Å². The number of aldehydes is 1. The van der Waals surface area contributed by atoms with E-state index < -0.39 is 0 Å². The second-order valence-electron chi connectivity index (χ2n) is 2.69. The second kappa shape index (κ2) is 2.44. The molecule has 2 aromatic rings. The first-order valence-electron chi connectivity index (χ1n) is 3.62. The van der Waals surface area contributed by atoms with E-state index >= 15 is 0 Å². The summed E-state index contributed by atoms with van der Waals surface area (Å²) >= 11 is 0. The predicted molar refractivity (Wildman–Crippen MR) is 44.1 cm³/mol. The highest BCUT2D eigenvalue weighted by molar-refractivity contribution is 5.93. The molecule has 3 nitrogen and oxygen atoms in total. The number of nitrogens with zero attached hydrogens (tertiary/aromatic N) is 1. The standard InChI is InChI=1S/C9H7NO2/c1-6-2-3-7-8(5-11)10-12-9(7)4-6/h2-5H,1H3. The van der Waals surface area contributed by atoms with Crippen LogP contribution < -0.4 is 0 Å². The van der Waals surface area contributed by atoms with E-state index in [0.717, 1.165) is 10.9 Å². The lowest BCUT2D eigenvalue weighted by atomic mass is 10.1. The van der Waals surface area contributed by atoms with Crippen LogP contribution in [0.5, 0.6) is 0 Å². The number of carbonyl (C=O) groups excluding carboxylic acids is 1. The van der Waals surface area contributed by atoms with Crippen LogP contribution in [-0.4, -0.2) is 11.4 Å². The van der Waals surface area contributed by atoms with Gasteiger partial charge in [-0.25, -0.2) is 0 Å². The van der Waals surface area contributed by atoms with Gasteiger partial charge in [0, 0.05) is 0 Å². The third-order valence-corrected chi connectivity index (χ3v) is 1.77. The molecule has 0 aliphatic carbocycles. The van der Waals surface area contributed by atoms with Gasteiger partial charge in [-0.1, -0.05) is 11.2 Å². The first-order chi connectivity index (χ1) is 5.81. The Kier molecular flexibility index (Phi) is 1.43. The van der Waals surface area contributed by atoms with Crippen molar-refractivity contribution in [2.24, 2.45) is 0 Å². The van der Waals surface area contributed by atoms with Gasteiger partial charge in [-0.15, -0.1) is 0 Å². The Labute approximate surface area is 69.0 Å². The van der Waals surface area contributed by atoms with E-state index in [1.165, 1.54) is 0 Å². The first kappa shape index (κ1) is 7.03. The molecule has 0 spiro atoms. The molecule has 0 fully saturated rings. The molecule has 2 rings (SSSR count). The minimum absolute atomic E-state index is 0.366. The molecule has 0 aliphatic heterocycles. The molecule has 0 radical (unpaired) electrons. The van der Waals surface area contributed by atoms with Crippen LogP contribution in [0, 0.1) is 6.92 Å². The zero-order valence-electron chi connectivity index (χ0n) is 6.57. The van der Waals surface area contributed by atoms with E-state index in [1.54, 1.807) is 0 Å². The highest BCUT2D eigenvalue weighted by Gasteiger charge is 2.05. The van der Waals surface area contributed by atoms with Gasteiger partial charge in [0.05, 0.1) is 5.39 Å². The Hall–Kier alpha value is -1.64. The van der Waals surface area contributed by atoms with Gasteiger partial charge in [0.25, 0.3) is 0 Å². The highest BCUT2D eigenvalue weighted by atomic mass is 16.5. The molecule has 1 aromatic heterocycles. The molecular formula is C9H7NO2. The quantitative estimate of drug-likeness (QED) is 0.600. The summed E-state index contributed by atoms with van der Waals surface area (Å²) < 4.78 is 4.94. The molecule has 0 saturated heterocycles. The Morgan fingerprint density at radius 1 is 1.50 bits per heavy atom. The van der Waals surface area contributed by atoms with Crippen molar-refractivity contribution in [2.45, 2.75) is 6.92 Å². The summed E-state index contributed by atoms with van der Waals surface area (Å²) in [5.41, 5.74) is 2.12. The van der Waals surface area contributed by atoms with Crippen LogP contribution in [-0.2, 0) is 0 Å². The van der Waals surface area contributed by atoms with Crippen molar-refractivity contribution in [1.82, 2.24) is 5.16 Å². The fraction of sp³-hybridized carbons (Fsp3) is 0.111. The normalized spacial score (nSPS) is 10.4. The van der Waals surface area contributed by atoms with Crippen LogP contribution in [0.2, 0.25) is 0 Å². The van der Waals surface area contributed by atoms with E-state index in [0.29, 0.717) is 17.6 Å². The summed E-state index contributed by atoms with van der Waals surface area (Å²) in [5.74, 6) is 0. The lowest BCUT2D eigenvalue weighted by molar-refractivity contribution is 0.111. The van der Waals surface area contributed by atoms with E-state index in [2.05, 4.69) is 5.16 Å². The number of aryl methyl sites for hydroxylation is 1. The van der Waals surface area contributed by atoms with E-state index in [9.17, 15) is 4.79 Å². The molecule has 12 heavy (non-hydrogen) atoms. The fourth-order valence-corrected chi connectivity index (χ4v) is 1.15. The maximum Gasteiger partial charge on any atom is 0.172 e. The largest absolute Gasteiger partial charge is 0.356 e. The molecule has 0 N–H and O–H groups in total. The molecule has 0 aliphatic rings. The van der Waals surface area contributed by atoms with Crippen molar-refractivity contribution in [3.8, 4) is 0 Å². The smallest absolute Gasteiger partial charge is 0.172 e. The molecular weight excluding hydrogens is 154 g/mol. The van der Waals surface area contributed by atoms with E-state index in [4.69, 9.17) is 4.52 Å². The van der Waals surface area contributed by atoms with E-state index in [1.807, 2.05) is 25.1 Å². The minimum atomic E-state index is 0.366. The molecule has 0 atom stereocenters. The van der Waals surface area contributed by atoms with Gasteiger partial charge >= 0.3 is 0 Å². The first-order valence-corrected chi connectivity index (χ1v) is 3.62. The maximum atomic E-state index is 10.4. The molecule has 0 amide bonds. The third-order valence-electron chi connectivity index (χ3n) is 1.77. The van der Waals surface area contributed by atoms with Crippen molar-refractivity contribution >= 4 is 17.3 Å². The summed E-state index contributed by atoms with van der Waals surface area (Å²) in [6, 6.07) is 5.62.